The standard InChI is InChI=1S/C18H16F4N6O2/c1-27-14(7-15(26-27)18(20,21)22)17(29)24-11-3-4-28-13(11)6-12(25-28)9-5-16(30-2)23-8-10(9)19/h5-8,11H,3-4H2,1-2H3,(H,24,29)/t11-/m1/s1. The van der Waals surface area contributed by atoms with Gasteiger partial charge in [0, 0.05) is 31.3 Å². The Kier molecular flexibility index (Phi) is 4.71. The zero-order chi connectivity index (χ0) is 21.6. The van der Waals surface area contributed by atoms with Gasteiger partial charge in [0.25, 0.3) is 5.91 Å². The van der Waals surface area contributed by atoms with Crippen molar-refractivity contribution in [2.24, 2.45) is 7.05 Å². The lowest BCUT2D eigenvalue weighted by Gasteiger charge is -2.11. The number of hydrogen-bond acceptors (Lipinski definition) is 5. The molecule has 158 valence electrons. The summed E-state index contributed by atoms with van der Waals surface area (Å²) in [6, 6.07) is 3.25. The van der Waals surface area contributed by atoms with Crippen LogP contribution in [0.25, 0.3) is 11.3 Å². The molecule has 1 amide bonds. The normalized spacial score (nSPS) is 15.9. The summed E-state index contributed by atoms with van der Waals surface area (Å²) < 4.78 is 60.2. The summed E-state index contributed by atoms with van der Waals surface area (Å²) in [5.41, 5.74) is -0.217. The lowest BCUT2D eigenvalue weighted by molar-refractivity contribution is -0.141. The van der Waals surface area contributed by atoms with Crippen molar-refractivity contribution < 1.29 is 27.1 Å². The lowest BCUT2D eigenvalue weighted by atomic mass is 10.1. The fourth-order valence-corrected chi connectivity index (χ4v) is 3.35. The number of ether oxygens (including phenoxy) is 1. The molecule has 3 aromatic heterocycles. The Hall–Kier alpha value is -3.44. The number of nitrogens with one attached hydrogen (secondary N) is 1. The molecule has 1 aliphatic heterocycles. The Bertz CT molecular complexity index is 1120. The summed E-state index contributed by atoms with van der Waals surface area (Å²) in [5.74, 6) is -1.05. The number of halogens is 4. The zero-order valence-electron chi connectivity index (χ0n) is 15.9. The average Bonchev–Trinajstić information content (AvgIpc) is 3.37. The minimum absolute atomic E-state index is 0.190. The van der Waals surface area contributed by atoms with Crippen LogP contribution >= 0.6 is 0 Å². The molecule has 0 saturated carbocycles. The molecule has 4 rings (SSSR count). The van der Waals surface area contributed by atoms with Gasteiger partial charge in [-0.05, 0) is 12.5 Å². The van der Waals surface area contributed by atoms with E-state index in [1.54, 1.807) is 10.7 Å². The quantitative estimate of drug-likeness (QED) is 0.651. The molecule has 0 spiro atoms. The van der Waals surface area contributed by atoms with Gasteiger partial charge in [-0.25, -0.2) is 9.37 Å². The summed E-state index contributed by atoms with van der Waals surface area (Å²) in [6.45, 7) is 0.462. The number of fused-ring (bicyclic) bond motifs is 1. The van der Waals surface area contributed by atoms with Gasteiger partial charge in [-0.3, -0.25) is 14.2 Å². The topological polar surface area (TPSA) is 86.9 Å². The smallest absolute Gasteiger partial charge is 0.435 e. The largest absolute Gasteiger partial charge is 0.481 e. The lowest BCUT2D eigenvalue weighted by Crippen LogP contribution is -2.28. The number of carbonyl (C=O) groups is 1. The number of amides is 1. The number of carbonyl (C=O) groups excluding carboxylic acids is 1. The van der Waals surface area contributed by atoms with E-state index in [0.29, 0.717) is 30.4 Å². The fourth-order valence-electron chi connectivity index (χ4n) is 3.35. The highest BCUT2D eigenvalue weighted by Gasteiger charge is 2.36. The molecule has 0 aromatic carbocycles. The van der Waals surface area contributed by atoms with E-state index in [4.69, 9.17) is 4.74 Å². The Labute approximate surface area is 167 Å². The number of rotatable bonds is 4. The van der Waals surface area contributed by atoms with Gasteiger partial charge < -0.3 is 10.1 Å². The molecular weight excluding hydrogens is 408 g/mol. The molecule has 0 radical (unpaired) electrons. The highest BCUT2D eigenvalue weighted by atomic mass is 19.4. The predicted octanol–water partition coefficient (Wildman–Crippen LogP) is 2.72. The molecular formula is C18H16F4N6O2. The van der Waals surface area contributed by atoms with Crippen molar-refractivity contribution in [3.8, 4) is 17.1 Å². The van der Waals surface area contributed by atoms with Gasteiger partial charge in [-0.15, -0.1) is 0 Å². The predicted molar refractivity (Wildman–Crippen MR) is 95.0 cm³/mol. The van der Waals surface area contributed by atoms with Crippen molar-refractivity contribution in [3.63, 3.8) is 0 Å². The number of methoxy groups -OCH3 is 1. The summed E-state index contributed by atoms with van der Waals surface area (Å²) in [4.78, 5) is 16.3. The summed E-state index contributed by atoms with van der Waals surface area (Å²) in [6.07, 6.45) is -3.12. The molecule has 0 bridgehead atoms. The number of aromatic nitrogens is 5. The van der Waals surface area contributed by atoms with E-state index in [9.17, 15) is 22.4 Å². The van der Waals surface area contributed by atoms with Crippen LogP contribution < -0.4 is 10.1 Å². The molecule has 0 saturated heterocycles. The molecule has 1 atom stereocenters. The van der Waals surface area contributed by atoms with E-state index in [0.717, 1.165) is 10.9 Å². The van der Waals surface area contributed by atoms with Gasteiger partial charge in [-0.2, -0.15) is 23.4 Å². The van der Waals surface area contributed by atoms with Crippen LogP contribution in [0.4, 0.5) is 17.6 Å². The second-order valence-electron chi connectivity index (χ2n) is 6.74. The molecule has 4 heterocycles. The first-order valence-electron chi connectivity index (χ1n) is 8.87. The molecule has 30 heavy (non-hydrogen) atoms. The third-order valence-corrected chi connectivity index (χ3v) is 4.82. The maximum absolute atomic E-state index is 14.2. The van der Waals surface area contributed by atoms with Gasteiger partial charge in [0.05, 0.1) is 30.7 Å². The number of nitrogens with zero attached hydrogens (tertiary/aromatic N) is 5. The SMILES string of the molecule is COc1cc(-c2cc3n(n2)CC[C@H]3NC(=O)c2cc(C(F)(F)F)nn2C)c(F)cn1. The molecule has 1 N–H and O–H groups in total. The molecule has 0 unspecified atom stereocenters. The first kappa shape index (κ1) is 19.9. The van der Waals surface area contributed by atoms with Crippen LogP contribution in [0.15, 0.2) is 24.4 Å². The number of aryl methyl sites for hydroxylation is 2. The van der Waals surface area contributed by atoms with Gasteiger partial charge in [0.15, 0.2) is 11.5 Å². The Morgan fingerprint density at radius 3 is 2.70 bits per heavy atom. The van der Waals surface area contributed by atoms with Crippen molar-refractivity contribution in [2.75, 3.05) is 7.11 Å². The number of alkyl halides is 3. The van der Waals surface area contributed by atoms with E-state index in [-0.39, 0.29) is 17.1 Å². The van der Waals surface area contributed by atoms with Gasteiger partial charge in [0.1, 0.15) is 5.69 Å². The van der Waals surface area contributed by atoms with Crippen LogP contribution in [-0.2, 0) is 19.8 Å². The second kappa shape index (κ2) is 7.11. The molecule has 8 nitrogen and oxygen atoms in total. The maximum atomic E-state index is 14.2. The molecule has 1 aliphatic rings. The zero-order valence-corrected chi connectivity index (χ0v) is 15.9. The Morgan fingerprint density at radius 2 is 2.03 bits per heavy atom. The van der Waals surface area contributed by atoms with Crippen LogP contribution in [0.3, 0.4) is 0 Å². The maximum Gasteiger partial charge on any atom is 0.435 e. The van der Waals surface area contributed by atoms with Crippen molar-refractivity contribution in [3.05, 3.63) is 47.3 Å². The first-order chi connectivity index (χ1) is 14.2. The van der Waals surface area contributed by atoms with Crippen LogP contribution in [0.1, 0.15) is 34.3 Å². The third kappa shape index (κ3) is 3.48. The average molecular weight is 424 g/mol. The van der Waals surface area contributed by atoms with E-state index in [1.807, 2.05) is 0 Å². The first-order valence-corrected chi connectivity index (χ1v) is 8.87. The minimum atomic E-state index is -4.65. The van der Waals surface area contributed by atoms with Gasteiger partial charge >= 0.3 is 6.18 Å². The molecule has 0 fully saturated rings. The fraction of sp³-hybridized carbons (Fsp3) is 0.333. The summed E-state index contributed by atoms with van der Waals surface area (Å²) in [7, 11) is 2.67. The second-order valence-corrected chi connectivity index (χ2v) is 6.74. The highest BCUT2D eigenvalue weighted by Crippen LogP contribution is 2.32. The van der Waals surface area contributed by atoms with Crippen LogP contribution in [-0.4, -0.2) is 37.6 Å². The number of pyridine rings is 1. The minimum Gasteiger partial charge on any atom is -0.481 e. The van der Waals surface area contributed by atoms with E-state index in [2.05, 4.69) is 20.5 Å². The van der Waals surface area contributed by atoms with E-state index in [1.165, 1.54) is 20.2 Å². The van der Waals surface area contributed by atoms with Crippen LogP contribution in [0, 0.1) is 5.82 Å². The van der Waals surface area contributed by atoms with Crippen LogP contribution in [0.5, 0.6) is 5.88 Å². The van der Waals surface area contributed by atoms with Gasteiger partial charge in [0.2, 0.25) is 5.88 Å². The molecule has 12 heteroatoms. The highest BCUT2D eigenvalue weighted by molar-refractivity contribution is 5.93. The Morgan fingerprint density at radius 1 is 1.27 bits per heavy atom. The molecule has 3 aromatic rings. The summed E-state index contributed by atoms with van der Waals surface area (Å²) >= 11 is 0. The number of hydrogen-bond donors (Lipinski definition) is 1. The van der Waals surface area contributed by atoms with E-state index >= 15 is 0 Å². The van der Waals surface area contributed by atoms with Crippen molar-refractivity contribution in [1.82, 2.24) is 29.9 Å². The van der Waals surface area contributed by atoms with Gasteiger partial charge in [-0.1, -0.05) is 0 Å². The monoisotopic (exact) mass is 424 g/mol. The Balaban J connectivity index is 1.58. The van der Waals surface area contributed by atoms with Crippen LogP contribution in [0.2, 0.25) is 0 Å². The van der Waals surface area contributed by atoms with E-state index < -0.39 is 29.6 Å². The summed E-state index contributed by atoms with van der Waals surface area (Å²) in [5, 5.41) is 10.4. The van der Waals surface area contributed by atoms with Crippen molar-refractivity contribution in [2.45, 2.75) is 25.2 Å². The molecule has 0 aliphatic carbocycles. The van der Waals surface area contributed by atoms with Crippen molar-refractivity contribution >= 4 is 5.91 Å². The van der Waals surface area contributed by atoms with Crippen molar-refractivity contribution in [1.29, 1.82) is 0 Å². The third-order valence-electron chi connectivity index (χ3n) is 4.82.